The fourth-order valence-electron chi connectivity index (χ4n) is 13.6. The number of hydrogen-bond acceptors (Lipinski definition) is 25. The number of aromatic amines is 1. The Morgan fingerprint density at radius 1 is 0.723 bits per heavy atom. The number of nitrogens with zero attached hydrogens (tertiary/aromatic N) is 4. The Morgan fingerprint density at radius 2 is 1.39 bits per heavy atom. The van der Waals surface area contributed by atoms with E-state index in [0.29, 0.717) is 24.8 Å². The predicted octanol–water partition coefficient (Wildman–Crippen LogP) is -2.93. The Morgan fingerprint density at radius 3 is 2.03 bits per heavy atom. The van der Waals surface area contributed by atoms with Gasteiger partial charge in [0.15, 0.2) is 9.84 Å². The van der Waals surface area contributed by atoms with Gasteiger partial charge in [-0.1, -0.05) is 59.6 Å². The fourth-order valence-corrected chi connectivity index (χ4v) is 15.2. The minimum Gasteiger partial charge on any atom is -0.497 e. The Hall–Kier alpha value is -12.7. The van der Waals surface area contributed by atoms with Crippen molar-refractivity contribution in [3.8, 4) is 5.75 Å². The lowest BCUT2D eigenvalue weighted by Gasteiger charge is -2.32. The largest absolute Gasteiger partial charge is 0.508 e. The number of cyclic esters (lactones) is 2. The molecule has 1 aromatic heterocycles. The Labute approximate surface area is 683 Å². The molecule has 16 N–H and O–H groups in total. The lowest BCUT2D eigenvalue weighted by atomic mass is 9.93. The summed E-state index contributed by atoms with van der Waals surface area (Å²) < 4.78 is 57.7. The number of likely N-dealkylation sites (N-methyl/N-ethyl adjacent to an activating group) is 2. The van der Waals surface area contributed by atoms with E-state index in [4.69, 9.17) is 35.2 Å². The molecular formula is C75H102N18O25S. The third-order valence-corrected chi connectivity index (χ3v) is 22.3. The minimum absolute atomic E-state index is 0.0218. The van der Waals surface area contributed by atoms with Gasteiger partial charge in [0.25, 0.3) is 11.8 Å². The number of unbranched alkanes of at least 4 members (excludes halogenated alkanes) is 2. The topological polar surface area (TPSA) is 601 Å². The van der Waals surface area contributed by atoms with Crippen molar-refractivity contribution in [3.05, 3.63) is 65.7 Å². The van der Waals surface area contributed by atoms with Gasteiger partial charge in [0.2, 0.25) is 70.9 Å². The summed E-state index contributed by atoms with van der Waals surface area (Å²) in [7, 11) is -1.09. The molecule has 43 nitrogen and oxygen atoms in total. The van der Waals surface area contributed by atoms with E-state index in [-0.39, 0.29) is 86.4 Å². The summed E-state index contributed by atoms with van der Waals surface area (Å²) in [5.74, 6) is -16.7. The van der Waals surface area contributed by atoms with E-state index in [1.165, 1.54) is 82.7 Å². The first-order chi connectivity index (χ1) is 56.3. The van der Waals surface area contributed by atoms with Crippen molar-refractivity contribution in [1.29, 1.82) is 0 Å². The quantitative estimate of drug-likeness (QED) is 0.0143. The summed E-state index contributed by atoms with van der Waals surface area (Å²) >= 11 is 0. The summed E-state index contributed by atoms with van der Waals surface area (Å²) in [5.41, 5.74) is 11.5. The molecule has 5 aliphatic heterocycles. The number of ether oxygens (including phenoxy) is 5. The molecule has 0 aliphatic carbocycles. The van der Waals surface area contributed by atoms with E-state index in [0.717, 1.165) is 19.6 Å². The molecule has 6 heterocycles. The fraction of sp³-hybridized carbons (Fsp3) is 0.547. The van der Waals surface area contributed by atoms with Crippen molar-refractivity contribution in [2.24, 2.45) is 29.2 Å². The summed E-state index contributed by atoms with van der Waals surface area (Å²) in [5, 5.41) is 27.0. The highest BCUT2D eigenvalue weighted by molar-refractivity contribution is 7.91. The molecular weight excluding hydrogens is 1580 g/mol. The van der Waals surface area contributed by atoms with Crippen LogP contribution in [-0.2, 0) is 109 Å². The Bertz CT molecular complexity index is 4500. The molecule has 0 saturated carbocycles. The van der Waals surface area contributed by atoms with E-state index >= 15 is 22.8 Å². The molecule has 0 spiro atoms. The highest BCUT2D eigenvalue weighted by Gasteiger charge is 2.48. The van der Waals surface area contributed by atoms with Crippen LogP contribution in [-0.4, -0.2) is 280 Å². The first-order valence-corrected chi connectivity index (χ1v) is 40.2. The van der Waals surface area contributed by atoms with Gasteiger partial charge in [0.05, 0.1) is 44.4 Å². The van der Waals surface area contributed by atoms with Gasteiger partial charge < -0.3 is 113 Å². The van der Waals surface area contributed by atoms with Gasteiger partial charge in [0.1, 0.15) is 84.5 Å². The zero-order chi connectivity index (χ0) is 87.3. The molecule has 8 rings (SSSR count). The number of anilines is 1. The molecule has 44 heteroatoms. The number of nitrogens with one attached hydrogen (secondary N) is 12. The molecule has 648 valence electrons. The number of urea groups is 1. The Kier molecular flexibility index (Phi) is 32.4. The van der Waals surface area contributed by atoms with E-state index in [1.807, 2.05) is 0 Å². The van der Waals surface area contributed by atoms with Crippen LogP contribution < -0.4 is 74.7 Å². The van der Waals surface area contributed by atoms with Crippen molar-refractivity contribution >= 4 is 134 Å². The van der Waals surface area contributed by atoms with Crippen molar-refractivity contribution in [2.75, 3.05) is 84.7 Å². The van der Waals surface area contributed by atoms with Crippen LogP contribution in [0.2, 0.25) is 0 Å². The van der Waals surface area contributed by atoms with Gasteiger partial charge >= 0.3 is 24.4 Å². The third-order valence-electron chi connectivity index (χ3n) is 20.6. The molecule has 2 aromatic carbocycles. The number of nitrogens with two attached hydrogens (primary N) is 2. The average molecular weight is 1690 g/mol. The number of primary amides is 2. The predicted molar refractivity (Wildman–Crippen MR) is 416 cm³/mol. The standard InChI is InChI=1S/C75H102N18O25S/c1-9-39(4)61-67(104)80-32-56(96)82-51-37-119(112,113)70-46(45-21-20-43(114-8)28-48(45)86-70)30-49(63(100)79-33-57(97)88-61)84-69(106)62(40(5)53-36-116-75(111)118-53)89-66(103)52-29-44(34-93(52)71(107)50(31-54(76)94)85-65(51)102)117-74(110)91(7)27-26-90(6)73(109)115-35-41-16-18-42(19-17-41)81-64(101)47(14-13-24-78-72(77)108)83-68(105)60(38(2)3)87-55(95)15-11-10-12-25-92-58(98)22-23-59(92)99/h16-23,28,38-40,44,47,49-53,60-62,86H,9-15,24-27,29-37H2,1-8H3,(H2,76,94)(H,79,100)(H,80,104)(H,81,101)(H,82,96)(H,83,105)(H,84,106)(H,85,102)(H,87,95)(H,88,97)(H,89,103)(H3,77,78,108)/t39-,40-,44+,47-,49-,50-,51-,52?,53-,60-,61-,62-/m0/s1. The van der Waals surface area contributed by atoms with E-state index in [2.05, 4.69) is 63.5 Å². The van der Waals surface area contributed by atoms with Crippen molar-refractivity contribution < 1.29 is 118 Å². The van der Waals surface area contributed by atoms with E-state index in [9.17, 15) is 71.9 Å². The van der Waals surface area contributed by atoms with Crippen molar-refractivity contribution in [2.45, 2.75) is 171 Å². The van der Waals surface area contributed by atoms with Crippen LogP contribution in [0.15, 0.2) is 59.6 Å². The monoisotopic (exact) mass is 1690 g/mol. The number of hydrogen-bond donors (Lipinski definition) is 14. The van der Waals surface area contributed by atoms with Gasteiger partial charge in [-0.15, -0.1) is 0 Å². The number of amides is 18. The van der Waals surface area contributed by atoms with Gasteiger partial charge in [-0.25, -0.2) is 27.6 Å². The highest BCUT2D eigenvalue weighted by Crippen LogP contribution is 2.33. The maximum atomic E-state index is 15.3. The van der Waals surface area contributed by atoms with E-state index in [1.54, 1.807) is 27.7 Å². The number of carbonyl (C=O) groups is 18. The second kappa shape index (κ2) is 41.9. The molecule has 5 aliphatic rings. The second-order valence-corrected chi connectivity index (χ2v) is 31.7. The molecule has 18 amide bonds. The van der Waals surface area contributed by atoms with Crippen molar-refractivity contribution in [1.82, 2.24) is 77.8 Å². The van der Waals surface area contributed by atoms with Crippen LogP contribution in [0.3, 0.4) is 0 Å². The summed E-state index contributed by atoms with van der Waals surface area (Å²) in [6, 6.07) is -4.13. The van der Waals surface area contributed by atoms with Gasteiger partial charge in [0, 0.05) is 94.7 Å². The number of carbonyl (C=O) groups excluding carboxylic acids is 18. The molecule has 2 saturated heterocycles. The molecule has 119 heavy (non-hydrogen) atoms. The van der Waals surface area contributed by atoms with Crippen LogP contribution in [0, 0.1) is 17.8 Å². The number of methoxy groups -OCH3 is 1. The highest BCUT2D eigenvalue weighted by atomic mass is 32.2. The van der Waals surface area contributed by atoms with Crippen LogP contribution in [0.4, 0.5) is 24.9 Å². The van der Waals surface area contributed by atoms with Crippen LogP contribution in [0.25, 0.3) is 10.9 Å². The maximum absolute atomic E-state index is 15.3. The molecule has 0 radical (unpaired) electrons. The molecule has 2 bridgehead atoms. The zero-order valence-electron chi connectivity index (χ0n) is 66.9. The maximum Gasteiger partial charge on any atom is 0.508 e. The minimum atomic E-state index is -5.04. The smallest absolute Gasteiger partial charge is 0.497 e. The second-order valence-electron chi connectivity index (χ2n) is 29.8. The first kappa shape index (κ1) is 91.8. The van der Waals surface area contributed by atoms with Crippen molar-refractivity contribution in [3.63, 3.8) is 0 Å². The normalized spacial score (nSPS) is 22.2. The molecule has 2 fully saturated rings. The number of sulfone groups is 1. The molecule has 3 aromatic rings. The van der Waals surface area contributed by atoms with E-state index < -0.39 is 251 Å². The third kappa shape index (κ3) is 25.4. The zero-order valence-corrected chi connectivity index (χ0v) is 67.7. The lowest BCUT2D eigenvalue weighted by molar-refractivity contribution is -0.144. The number of aromatic nitrogens is 1. The SMILES string of the molecule is CC[C@H](C)[C@@H]1NC(=O)CNC(=O)[C@@H]2Cc3c([nH]c4cc(OC)ccc34)S(=O)(=O)C[C@H](NC(=O)CNC1=O)C(=O)N[C@@H](CC(N)=O)C(=O)N1C[C@H](OC(=O)N(C)CCN(C)C(=O)OCc3ccc(NC(=O)[C@H](CCCNC(N)=O)NC(=O)[C@@H](NC(=O)CCCCCN4C(=O)C=CC4=O)C(C)C)cc3)CC1C(=O)N[C@@H]([C@@H](C)[C@@H]1COC(=O)O1)C(=O)N2. The van der Waals surface area contributed by atoms with Crippen LogP contribution >= 0.6 is 0 Å². The number of fused-ring (bicyclic) bond motifs is 5. The molecule has 1 unspecified atom stereocenters. The Balaban J connectivity index is 0.973. The van der Waals surface area contributed by atoms with Crippen LogP contribution in [0.5, 0.6) is 5.75 Å². The van der Waals surface area contributed by atoms with Crippen LogP contribution in [0.1, 0.15) is 104 Å². The molecule has 12 atom stereocenters. The summed E-state index contributed by atoms with van der Waals surface area (Å²) in [6.45, 7) is 4.55. The average Bonchev–Trinajstić information content (AvgIpc) is 1.63. The number of imide groups is 1. The number of rotatable bonds is 29. The van der Waals surface area contributed by atoms with Gasteiger partial charge in [-0.3, -0.25) is 72.0 Å². The van der Waals surface area contributed by atoms with Gasteiger partial charge in [-0.05, 0) is 72.9 Å². The lowest BCUT2D eigenvalue weighted by Crippen LogP contribution is -2.62. The first-order valence-electron chi connectivity index (χ1n) is 38.6. The summed E-state index contributed by atoms with van der Waals surface area (Å²) in [6.07, 6.45) is -4.05. The number of benzene rings is 2. The summed E-state index contributed by atoms with van der Waals surface area (Å²) in [4.78, 5) is 253. The van der Waals surface area contributed by atoms with Gasteiger partial charge in [-0.2, -0.15) is 0 Å². The number of H-pyrrole nitrogens is 1.